The number of phenols is 1. The third kappa shape index (κ3) is 3.88. The van der Waals surface area contributed by atoms with Gasteiger partial charge in [-0.15, -0.1) is 12.4 Å². The van der Waals surface area contributed by atoms with Crippen molar-refractivity contribution in [1.82, 2.24) is 0 Å². The van der Waals surface area contributed by atoms with Crippen LogP contribution in [0.1, 0.15) is 16.8 Å². The summed E-state index contributed by atoms with van der Waals surface area (Å²) in [6, 6.07) is 4.38. The highest BCUT2D eigenvalue weighted by molar-refractivity contribution is 5.98. The lowest BCUT2D eigenvalue weighted by Crippen LogP contribution is -2.32. The molecule has 0 amide bonds. The summed E-state index contributed by atoms with van der Waals surface area (Å²) in [6.07, 6.45) is -0.250. The molecule has 16 heavy (non-hydrogen) atoms. The third-order valence-corrected chi connectivity index (χ3v) is 1.91. The van der Waals surface area contributed by atoms with Crippen molar-refractivity contribution < 1.29 is 19.8 Å². The van der Waals surface area contributed by atoms with E-state index >= 15 is 0 Å². The van der Waals surface area contributed by atoms with E-state index in [1.54, 1.807) is 0 Å². The zero-order valence-corrected chi connectivity index (χ0v) is 9.11. The van der Waals surface area contributed by atoms with Crippen molar-refractivity contribution in [2.24, 2.45) is 5.73 Å². The minimum Gasteiger partial charge on any atom is -0.508 e. The summed E-state index contributed by atoms with van der Waals surface area (Å²) in [6.45, 7) is 0. The van der Waals surface area contributed by atoms with Crippen LogP contribution in [-0.2, 0) is 4.79 Å². The van der Waals surface area contributed by atoms with Crippen molar-refractivity contribution in [3.63, 3.8) is 0 Å². The number of carboxylic acid groups (broad SMARTS) is 1. The van der Waals surface area contributed by atoms with Crippen LogP contribution in [0.25, 0.3) is 0 Å². The van der Waals surface area contributed by atoms with Crippen LogP contribution in [0, 0.1) is 0 Å². The standard InChI is InChI=1S/C10H11NO4.ClH/c11-8(10(14)15)5-9(13)6-1-3-7(12)4-2-6;/h1-4,8,12H,5,11H2,(H,14,15);1H. The van der Waals surface area contributed by atoms with Gasteiger partial charge in [0.25, 0.3) is 0 Å². The van der Waals surface area contributed by atoms with E-state index in [4.69, 9.17) is 15.9 Å². The molecule has 0 saturated heterocycles. The van der Waals surface area contributed by atoms with Crippen LogP contribution in [0.2, 0.25) is 0 Å². The fourth-order valence-corrected chi connectivity index (χ4v) is 1.05. The number of aliphatic carboxylic acids is 1. The molecule has 1 aromatic rings. The molecule has 0 saturated carbocycles. The lowest BCUT2D eigenvalue weighted by atomic mass is 10.0. The quantitative estimate of drug-likeness (QED) is 0.681. The van der Waals surface area contributed by atoms with Gasteiger partial charge < -0.3 is 15.9 Å². The van der Waals surface area contributed by atoms with Gasteiger partial charge in [0.2, 0.25) is 0 Å². The molecule has 0 radical (unpaired) electrons. The Bertz CT molecular complexity index is 377. The van der Waals surface area contributed by atoms with Crippen LogP contribution in [0.5, 0.6) is 5.75 Å². The van der Waals surface area contributed by atoms with Gasteiger partial charge in [-0.25, -0.2) is 0 Å². The number of carbonyl (C=O) groups is 2. The summed E-state index contributed by atoms with van der Waals surface area (Å²) >= 11 is 0. The largest absolute Gasteiger partial charge is 0.508 e. The van der Waals surface area contributed by atoms with Gasteiger partial charge in [0.05, 0.1) is 0 Å². The first-order chi connectivity index (χ1) is 7.00. The average Bonchev–Trinajstić information content (AvgIpc) is 2.18. The first-order valence-electron chi connectivity index (χ1n) is 4.31. The van der Waals surface area contributed by atoms with Gasteiger partial charge >= 0.3 is 5.97 Å². The highest BCUT2D eigenvalue weighted by atomic mass is 35.5. The molecule has 1 rings (SSSR count). The lowest BCUT2D eigenvalue weighted by molar-refractivity contribution is -0.138. The molecular weight excluding hydrogens is 234 g/mol. The summed E-state index contributed by atoms with van der Waals surface area (Å²) in [5.74, 6) is -1.51. The van der Waals surface area contributed by atoms with Crippen molar-refractivity contribution >= 4 is 24.2 Å². The zero-order chi connectivity index (χ0) is 11.4. The van der Waals surface area contributed by atoms with Gasteiger partial charge in [-0.3, -0.25) is 9.59 Å². The predicted octanol–water partition coefficient (Wildman–Crippen LogP) is 0.799. The number of phenolic OH excluding ortho intramolecular Hbond substituents is 1. The van der Waals surface area contributed by atoms with Gasteiger partial charge in [0.15, 0.2) is 5.78 Å². The minimum absolute atomic E-state index is 0. The Labute approximate surface area is 98.3 Å². The summed E-state index contributed by atoms with van der Waals surface area (Å²) in [7, 11) is 0. The van der Waals surface area contributed by atoms with E-state index in [0.29, 0.717) is 5.56 Å². The molecule has 1 aromatic carbocycles. The number of halogens is 1. The predicted molar refractivity (Wildman–Crippen MR) is 59.9 cm³/mol. The number of rotatable bonds is 4. The molecule has 88 valence electrons. The van der Waals surface area contributed by atoms with Gasteiger partial charge in [-0.2, -0.15) is 0 Å². The van der Waals surface area contributed by atoms with Crippen molar-refractivity contribution in [3.8, 4) is 5.75 Å². The van der Waals surface area contributed by atoms with Gasteiger partial charge in [0, 0.05) is 12.0 Å². The number of hydrogen-bond donors (Lipinski definition) is 3. The van der Waals surface area contributed by atoms with Crippen LogP contribution in [0.4, 0.5) is 0 Å². The first-order valence-corrected chi connectivity index (χ1v) is 4.31. The van der Waals surface area contributed by atoms with Crippen molar-refractivity contribution in [1.29, 1.82) is 0 Å². The Morgan fingerprint density at radius 2 is 1.75 bits per heavy atom. The Kier molecular flexibility index (Phi) is 5.49. The molecule has 6 heteroatoms. The highest BCUT2D eigenvalue weighted by Crippen LogP contribution is 2.11. The first kappa shape index (κ1) is 14.4. The Morgan fingerprint density at radius 1 is 1.25 bits per heavy atom. The lowest BCUT2D eigenvalue weighted by Gasteiger charge is -2.05. The normalized spacial score (nSPS) is 11.3. The fraction of sp³-hybridized carbons (Fsp3) is 0.200. The van der Waals surface area contributed by atoms with E-state index in [1.165, 1.54) is 24.3 Å². The van der Waals surface area contributed by atoms with E-state index in [-0.39, 0.29) is 30.4 Å². The molecule has 0 bridgehead atoms. The van der Waals surface area contributed by atoms with E-state index in [0.717, 1.165) is 0 Å². The molecule has 0 fully saturated rings. The molecular formula is C10H12ClNO4. The number of hydrogen-bond acceptors (Lipinski definition) is 4. The number of benzene rings is 1. The fourth-order valence-electron chi connectivity index (χ4n) is 1.05. The number of aromatic hydroxyl groups is 1. The molecule has 4 N–H and O–H groups in total. The zero-order valence-electron chi connectivity index (χ0n) is 8.29. The maximum Gasteiger partial charge on any atom is 0.320 e. The van der Waals surface area contributed by atoms with Crippen molar-refractivity contribution in [2.75, 3.05) is 0 Å². The van der Waals surface area contributed by atoms with E-state index in [9.17, 15) is 9.59 Å². The van der Waals surface area contributed by atoms with Crippen LogP contribution in [0.15, 0.2) is 24.3 Å². The van der Waals surface area contributed by atoms with Gasteiger partial charge in [-0.05, 0) is 24.3 Å². The number of ketones is 1. The number of Topliss-reactive ketones (excluding diaryl/α,β-unsaturated/α-hetero) is 1. The van der Waals surface area contributed by atoms with Crippen LogP contribution in [0.3, 0.4) is 0 Å². The van der Waals surface area contributed by atoms with Crippen LogP contribution >= 0.6 is 12.4 Å². The minimum atomic E-state index is -1.21. The summed E-state index contributed by atoms with van der Waals surface area (Å²) < 4.78 is 0. The second-order valence-electron chi connectivity index (χ2n) is 3.12. The molecule has 5 nitrogen and oxygen atoms in total. The Balaban J connectivity index is 0.00000225. The second-order valence-corrected chi connectivity index (χ2v) is 3.12. The second kappa shape index (κ2) is 6.09. The Hall–Kier alpha value is -1.59. The number of carbonyl (C=O) groups excluding carboxylic acids is 1. The molecule has 0 spiro atoms. The smallest absolute Gasteiger partial charge is 0.320 e. The molecule has 1 atom stereocenters. The molecule has 0 heterocycles. The molecule has 0 aromatic heterocycles. The molecule has 1 unspecified atom stereocenters. The number of nitrogens with two attached hydrogens (primary N) is 1. The SMILES string of the molecule is Cl.NC(CC(=O)c1ccc(O)cc1)C(=O)O. The summed E-state index contributed by atoms with van der Waals surface area (Å²) in [4.78, 5) is 21.8. The van der Waals surface area contributed by atoms with E-state index < -0.39 is 12.0 Å². The maximum absolute atomic E-state index is 11.4. The number of carboxylic acids is 1. The maximum atomic E-state index is 11.4. The monoisotopic (exact) mass is 245 g/mol. The van der Waals surface area contributed by atoms with E-state index in [1.807, 2.05) is 0 Å². The van der Waals surface area contributed by atoms with E-state index in [2.05, 4.69) is 0 Å². The molecule has 0 aliphatic carbocycles. The topological polar surface area (TPSA) is 101 Å². The highest BCUT2D eigenvalue weighted by Gasteiger charge is 2.17. The summed E-state index contributed by atoms with van der Waals surface area (Å²) in [5.41, 5.74) is 5.55. The molecule has 0 aliphatic rings. The Morgan fingerprint density at radius 3 is 2.19 bits per heavy atom. The van der Waals surface area contributed by atoms with Crippen LogP contribution in [-0.4, -0.2) is 28.0 Å². The van der Waals surface area contributed by atoms with Gasteiger partial charge in [0.1, 0.15) is 11.8 Å². The molecule has 0 aliphatic heterocycles. The van der Waals surface area contributed by atoms with Gasteiger partial charge in [-0.1, -0.05) is 0 Å². The third-order valence-electron chi connectivity index (χ3n) is 1.91. The van der Waals surface area contributed by atoms with Crippen molar-refractivity contribution in [2.45, 2.75) is 12.5 Å². The van der Waals surface area contributed by atoms with Crippen LogP contribution < -0.4 is 5.73 Å². The average molecular weight is 246 g/mol. The summed E-state index contributed by atoms with van der Waals surface area (Å²) in [5, 5.41) is 17.5. The van der Waals surface area contributed by atoms with Crippen molar-refractivity contribution in [3.05, 3.63) is 29.8 Å².